The topological polar surface area (TPSA) is 217 Å². The molecule has 4 aliphatic heterocycles. The standard InChI is InChI=1S/C72H98N8O12/c1-49(75(9)69(87)91-71(3,4)5)63(81)73-61(55-35-43-89-44-36-55)67(85)79-39-17-23-59(79)47-77(41-33-51-19-13-11-14-20-51)65(83)57-29-25-53(26-30-57)54-27-31-58(32-28-54)66(84)78(42-34-52-21-15-12-16-22-52)48-60-24-18-40-80(60)68(86)62(56-37-45-90-46-38-56)74-64(82)50(2)76(10)70(88)92-72(6,7)8/h11-16,19-22,25-32,49-50,55-56,59-62H,17-18,23-24,33-48H2,1-10H3,(H,73,81)(H,74,82)/t49-,50-,59-,60-,61-,62-/m0/s1. The molecule has 0 aliphatic carbocycles. The number of hydrogen-bond donors (Lipinski definition) is 2. The summed E-state index contributed by atoms with van der Waals surface area (Å²) in [4.78, 5) is 123. The summed E-state index contributed by atoms with van der Waals surface area (Å²) in [6, 6.07) is 30.6. The summed E-state index contributed by atoms with van der Waals surface area (Å²) in [7, 11) is 3.02. The Morgan fingerprint density at radius 3 is 1.16 bits per heavy atom. The number of nitrogens with one attached hydrogen (secondary N) is 2. The first-order valence-electron chi connectivity index (χ1n) is 33.0. The van der Waals surface area contributed by atoms with Crippen molar-refractivity contribution in [1.29, 1.82) is 0 Å². The minimum Gasteiger partial charge on any atom is -0.444 e. The lowest BCUT2D eigenvalue weighted by Crippen LogP contribution is -2.58. The van der Waals surface area contributed by atoms with E-state index in [1.54, 1.807) is 55.4 Å². The zero-order valence-electron chi connectivity index (χ0n) is 55.7. The molecule has 4 aromatic carbocycles. The maximum atomic E-state index is 14.9. The monoisotopic (exact) mass is 1270 g/mol. The van der Waals surface area contributed by atoms with Gasteiger partial charge in [-0.15, -0.1) is 0 Å². The van der Waals surface area contributed by atoms with E-state index in [1.807, 2.05) is 129 Å². The number of hydrogen-bond acceptors (Lipinski definition) is 12. The number of nitrogens with zero attached hydrogens (tertiary/aromatic N) is 6. The lowest BCUT2D eigenvalue weighted by Gasteiger charge is -2.37. The van der Waals surface area contributed by atoms with Crippen LogP contribution in [0.4, 0.5) is 9.59 Å². The second kappa shape index (κ2) is 32.1. The molecule has 92 heavy (non-hydrogen) atoms. The predicted octanol–water partition coefficient (Wildman–Crippen LogP) is 9.04. The van der Waals surface area contributed by atoms with Crippen molar-refractivity contribution in [3.05, 3.63) is 131 Å². The maximum Gasteiger partial charge on any atom is 0.410 e. The quantitative estimate of drug-likeness (QED) is 0.0711. The summed E-state index contributed by atoms with van der Waals surface area (Å²) in [5, 5.41) is 6.10. The zero-order chi connectivity index (χ0) is 66.3. The lowest BCUT2D eigenvalue weighted by molar-refractivity contribution is -0.141. The van der Waals surface area contributed by atoms with Crippen LogP contribution in [-0.4, -0.2) is 204 Å². The molecular formula is C72H98N8O12. The number of amides is 8. The molecule has 0 radical (unpaired) electrons. The minimum atomic E-state index is -0.922. The van der Waals surface area contributed by atoms with Crippen molar-refractivity contribution in [2.75, 3.05) is 79.8 Å². The number of ether oxygens (including phenoxy) is 4. The Balaban J connectivity index is 0.967. The molecule has 0 saturated carbocycles. The van der Waals surface area contributed by atoms with Gasteiger partial charge < -0.3 is 49.2 Å². The molecule has 4 saturated heterocycles. The van der Waals surface area contributed by atoms with Crippen molar-refractivity contribution in [3.8, 4) is 11.1 Å². The van der Waals surface area contributed by atoms with Gasteiger partial charge in [0.1, 0.15) is 35.4 Å². The Kier molecular flexibility index (Phi) is 24.5. The van der Waals surface area contributed by atoms with Gasteiger partial charge in [0.05, 0.1) is 0 Å². The summed E-state index contributed by atoms with van der Waals surface area (Å²) in [5.41, 5.74) is 3.26. The fourth-order valence-electron chi connectivity index (χ4n) is 12.6. The molecule has 4 heterocycles. The van der Waals surface area contributed by atoms with Gasteiger partial charge in [-0.3, -0.25) is 38.6 Å². The molecule has 2 N–H and O–H groups in total. The molecule has 498 valence electrons. The Hall–Kier alpha value is -7.84. The largest absolute Gasteiger partial charge is 0.444 e. The van der Waals surface area contributed by atoms with Crippen molar-refractivity contribution < 1.29 is 57.3 Å². The van der Waals surface area contributed by atoms with Crippen molar-refractivity contribution in [1.82, 2.24) is 40.0 Å². The molecule has 0 unspecified atom stereocenters. The molecule has 20 nitrogen and oxygen atoms in total. The highest BCUT2D eigenvalue weighted by Crippen LogP contribution is 2.30. The molecule has 8 amide bonds. The normalized spacial score (nSPS) is 18.6. The van der Waals surface area contributed by atoms with Gasteiger partial charge in [0.15, 0.2) is 0 Å². The van der Waals surface area contributed by atoms with Crippen LogP contribution in [0.25, 0.3) is 11.1 Å². The third-order valence-corrected chi connectivity index (χ3v) is 18.3. The summed E-state index contributed by atoms with van der Waals surface area (Å²) in [5.74, 6) is -2.10. The van der Waals surface area contributed by atoms with E-state index in [-0.39, 0.29) is 60.6 Å². The number of likely N-dealkylation sites (tertiary alicyclic amines) is 2. The molecule has 20 heteroatoms. The lowest BCUT2D eigenvalue weighted by atomic mass is 9.90. The van der Waals surface area contributed by atoms with Gasteiger partial charge in [-0.05, 0) is 178 Å². The van der Waals surface area contributed by atoms with Gasteiger partial charge in [0, 0.05) is 103 Å². The van der Waals surface area contributed by atoms with Crippen molar-refractivity contribution in [2.45, 2.75) is 167 Å². The van der Waals surface area contributed by atoms with E-state index in [9.17, 15) is 38.4 Å². The maximum absolute atomic E-state index is 14.9. The van der Waals surface area contributed by atoms with Crippen LogP contribution in [0.1, 0.15) is 139 Å². The molecular weight excluding hydrogens is 1170 g/mol. The Morgan fingerprint density at radius 1 is 0.500 bits per heavy atom. The first-order chi connectivity index (χ1) is 43.8. The highest BCUT2D eigenvalue weighted by Gasteiger charge is 2.43. The fourth-order valence-corrected chi connectivity index (χ4v) is 12.6. The van der Waals surface area contributed by atoms with Crippen molar-refractivity contribution in [3.63, 3.8) is 0 Å². The van der Waals surface area contributed by atoms with Gasteiger partial charge in [0.2, 0.25) is 23.6 Å². The zero-order valence-corrected chi connectivity index (χ0v) is 55.7. The fraction of sp³-hybridized carbons (Fsp3) is 0.556. The van der Waals surface area contributed by atoms with Crippen LogP contribution in [0.5, 0.6) is 0 Å². The Bertz CT molecular complexity index is 2910. The molecule has 0 aromatic heterocycles. The summed E-state index contributed by atoms with van der Waals surface area (Å²) in [6.45, 7) is 17.9. The second-order valence-corrected chi connectivity index (χ2v) is 27.2. The number of carbonyl (C=O) groups excluding carboxylic acids is 8. The smallest absolute Gasteiger partial charge is 0.410 e. The highest BCUT2D eigenvalue weighted by molar-refractivity contribution is 5.97. The Morgan fingerprint density at radius 2 is 0.837 bits per heavy atom. The first-order valence-corrected chi connectivity index (χ1v) is 33.0. The van der Waals surface area contributed by atoms with Gasteiger partial charge in [-0.2, -0.15) is 0 Å². The number of carbonyl (C=O) groups is 8. The van der Waals surface area contributed by atoms with Crippen molar-refractivity contribution in [2.24, 2.45) is 11.8 Å². The molecule has 4 aliphatic rings. The van der Waals surface area contributed by atoms with Crippen LogP contribution >= 0.6 is 0 Å². The van der Waals surface area contributed by atoms with Crippen molar-refractivity contribution >= 4 is 47.6 Å². The summed E-state index contributed by atoms with van der Waals surface area (Å²) in [6.07, 6.45) is 5.00. The van der Waals surface area contributed by atoms with Gasteiger partial charge in [0.25, 0.3) is 11.8 Å². The van der Waals surface area contributed by atoms with E-state index in [2.05, 4.69) is 10.6 Å². The van der Waals surface area contributed by atoms with E-state index in [0.29, 0.717) is 115 Å². The van der Waals surface area contributed by atoms with E-state index < -0.39 is 59.4 Å². The van der Waals surface area contributed by atoms with E-state index in [0.717, 1.165) is 35.1 Å². The van der Waals surface area contributed by atoms with Gasteiger partial charge in [-0.1, -0.05) is 84.9 Å². The molecule has 6 atom stereocenters. The third-order valence-electron chi connectivity index (χ3n) is 18.3. The van der Waals surface area contributed by atoms with E-state index in [4.69, 9.17) is 18.9 Å². The molecule has 4 fully saturated rings. The molecule has 4 aromatic rings. The predicted molar refractivity (Wildman–Crippen MR) is 351 cm³/mol. The van der Waals surface area contributed by atoms with Crippen LogP contribution in [-0.2, 0) is 51.0 Å². The number of likely N-dealkylation sites (N-methyl/N-ethyl adjacent to an activating group) is 2. The number of benzene rings is 4. The highest BCUT2D eigenvalue weighted by atomic mass is 16.6. The summed E-state index contributed by atoms with van der Waals surface area (Å²) < 4.78 is 22.4. The van der Waals surface area contributed by atoms with Crippen LogP contribution in [0, 0.1) is 11.8 Å². The molecule has 0 bridgehead atoms. The van der Waals surface area contributed by atoms with Crippen LogP contribution in [0.2, 0.25) is 0 Å². The second-order valence-electron chi connectivity index (χ2n) is 27.2. The van der Waals surface area contributed by atoms with E-state index >= 15 is 0 Å². The van der Waals surface area contributed by atoms with Gasteiger partial charge >= 0.3 is 12.2 Å². The Labute approximate surface area is 544 Å². The van der Waals surface area contributed by atoms with Crippen LogP contribution < -0.4 is 10.6 Å². The van der Waals surface area contributed by atoms with Crippen LogP contribution in [0.15, 0.2) is 109 Å². The average molecular weight is 1270 g/mol. The van der Waals surface area contributed by atoms with Crippen LogP contribution in [0.3, 0.4) is 0 Å². The molecule has 0 spiro atoms. The van der Waals surface area contributed by atoms with Gasteiger partial charge in [-0.25, -0.2) is 9.59 Å². The SMILES string of the molecule is C[C@@H](C(=O)N[C@H](C(=O)N1CCC[C@H]1CN(CCc1ccccc1)C(=O)c1ccc(-c2ccc(C(=O)N(CCc3ccccc3)C[C@@H]3CCCN3C(=O)[C@@H](NC(=O)[C@H](C)N(C)C(=O)OC(C)(C)C)C3CCOCC3)cc2)cc1)C1CCOCC1)N(C)C(=O)OC(C)(C)C. The minimum absolute atomic E-state index is 0.180. The van der Waals surface area contributed by atoms with E-state index in [1.165, 1.54) is 23.9 Å². The molecule has 8 rings (SSSR count). The average Bonchev–Trinajstić information content (AvgIpc) is 1.83. The third kappa shape index (κ3) is 19.1. The number of rotatable bonds is 23. The first kappa shape index (κ1) is 70.0. The summed E-state index contributed by atoms with van der Waals surface area (Å²) >= 11 is 0.